The minimum atomic E-state index is -0.353. The highest BCUT2D eigenvalue weighted by Crippen LogP contribution is 2.21. The first-order valence-corrected chi connectivity index (χ1v) is 6.86. The lowest BCUT2D eigenvalue weighted by molar-refractivity contribution is 0.543. The second kappa shape index (κ2) is 5.78. The Morgan fingerprint density at radius 3 is 2.94 bits per heavy atom. The van der Waals surface area contributed by atoms with E-state index in [0.717, 1.165) is 5.01 Å². The van der Waals surface area contributed by atoms with E-state index in [0.29, 0.717) is 12.1 Å². The highest BCUT2D eigenvalue weighted by atomic mass is 35.5. The lowest BCUT2D eigenvalue weighted by atomic mass is 10.2. The number of nitrogens with zero attached hydrogens (tertiary/aromatic N) is 1. The number of hydrogen-bond donors (Lipinski definition) is 1. The van der Waals surface area contributed by atoms with Crippen molar-refractivity contribution in [2.75, 3.05) is 0 Å². The van der Waals surface area contributed by atoms with Gasteiger partial charge in [0.15, 0.2) is 0 Å². The van der Waals surface area contributed by atoms with Crippen LogP contribution in [0.4, 0.5) is 4.39 Å². The number of benzene rings is 1. The number of hydrogen-bond acceptors (Lipinski definition) is 3. The van der Waals surface area contributed by atoms with Crippen LogP contribution in [0.1, 0.15) is 28.4 Å². The maximum Gasteiger partial charge on any atom is 0.146 e. The third-order valence-electron chi connectivity index (χ3n) is 2.64. The van der Waals surface area contributed by atoms with Crippen molar-refractivity contribution >= 4 is 22.9 Å². The monoisotopic (exact) mass is 284 g/mol. The first-order chi connectivity index (χ1) is 8.58. The summed E-state index contributed by atoms with van der Waals surface area (Å²) in [7, 11) is 0. The molecule has 0 amide bonds. The van der Waals surface area contributed by atoms with Gasteiger partial charge >= 0.3 is 0 Å². The van der Waals surface area contributed by atoms with Crippen molar-refractivity contribution in [1.29, 1.82) is 0 Å². The molecule has 0 bridgehead atoms. The van der Waals surface area contributed by atoms with Gasteiger partial charge in [0.1, 0.15) is 10.8 Å². The predicted molar refractivity (Wildman–Crippen MR) is 73.5 cm³/mol. The predicted octanol–water partition coefficient (Wildman–Crippen LogP) is 4.09. The van der Waals surface area contributed by atoms with Gasteiger partial charge in [-0.2, -0.15) is 0 Å². The Bertz CT molecular complexity index is 542. The summed E-state index contributed by atoms with van der Waals surface area (Å²) in [6.07, 6.45) is 1.85. The first-order valence-electron chi connectivity index (χ1n) is 5.66. The third kappa shape index (κ3) is 3.07. The molecule has 2 rings (SSSR count). The van der Waals surface area contributed by atoms with Crippen LogP contribution >= 0.6 is 22.9 Å². The molecule has 0 aliphatic rings. The number of thiazole rings is 1. The van der Waals surface area contributed by atoms with Crippen molar-refractivity contribution in [2.24, 2.45) is 0 Å². The Labute approximate surface area is 115 Å². The summed E-state index contributed by atoms with van der Waals surface area (Å²) in [5.41, 5.74) is 0.572. The highest BCUT2D eigenvalue weighted by molar-refractivity contribution is 7.11. The molecule has 0 saturated heterocycles. The maximum absolute atomic E-state index is 13.7. The van der Waals surface area contributed by atoms with E-state index in [1.165, 1.54) is 4.88 Å². The van der Waals surface area contributed by atoms with Crippen LogP contribution in [-0.4, -0.2) is 4.98 Å². The maximum atomic E-state index is 13.7. The summed E-state index contributed by atoms with van der Waals surface area (Å²) in [4.78, 5) is 5.48. The van der Waals surface area contributed by atoms with Crippen LogP contribution in [0.15, 0.2) is 24.4 Å². The minimum absolute atomic E-state index is 0.0991. The van der Waals surface area contributed by atoms with Gasteiger partial charge in [0.2, 0.25) is 0 Å². The zero-order valence-electron chi connectivity index (χ0n) is 10.2. The fourth-order valence-electron chi connectivity index (χ4n) is 1.61. The van der Waals surface area contributed by atoms with E-state index in [9.17, 15) is 4.39 Å². The van der Waals surface area contributed by atoms with Crippen LogP contribution in [-0.2, 0) is 6.54 Å². The molecule has 0 spiro atoms. The largest absolute Gasteiger partial charge is 0.304 e. The molecule has 0 fully saturated rings. The van der Waals surface area contributed by atoms with E-state index in [-0.39, 0.29) is 16.9 Å². The van der Waals surface area contributed by atoms with E-state index in [4.69, 9.17) is 11.6 Å². The van der Waals surface area contributed by atoms with Gasteiger partial charge < -0.3 is 5.32 Å². The van der Waals surface area contributed by atoms with Gasteiger partial charge in [0.25, 0.3) is 0 Å². The van der Waals surface area contributed by atoms with Gasteiger partial charge in [-0.15, -0.1) is 11.3 Å². The van der Waals surface area contributed by atoms with E-state index in [1.54, 1.807) is 29.5 Å². The average Bonchev–Trinajstić information content (AvgIpc) is 2.77. The van der Waals surface area contributed by atoms with Gasteiger partial charge in [-0.1, -0.05) is 23.7 Å². The van der Waals surface area contributed by atoms with Gasteiger partial charge in [-0.25, -0.2) is 9.37 Å². The van der Waals surface area contributed by atoms with E-state index in [2.05, 4.69) is 10.3 Å². The lowest BCUT2D eigenvalue weighted by Crippen LogP contribution is -2.18. The van der Waals surface area contributed by atoms with E-state index in [1.807, 2.05) is 20.0 Å². The zero-order chi connectivity index (χ0) is 13.1. The molecule has 18 heavy (non-hydrogen) atoms. The summed E-state index contributed by atoms with van der Waals surface area (Å²) >= 11 is 7.38. The molecule has 0 saturated carbocycles. The van der Waals surface area contributed by atoms with Gasteiger partial charge in [-0.3, -0.25) is 0 Å². The standard InChI is InChI=1S/C13H14ClFN2S/c1-8-6-17-13(18-8)9(2)16-7-10-4-3-5-11(14)12(10)15/h3-6,9,16H,7H2,1-2H3. The topological polar surface area (TPSA) is 24.9 Å². The molecule has 2 nitrogen and oxygen atoms in total. The van der Waals surface area contributed by atoms with Crippen molar-refractivity contribution in [1.82, 2.24) is 10.3 Å². The quantitative estimate of drug-likeness (QED) is 0.914. The molecule has 1 heterocycles. The zero-order valence-corrected chi connectivity index (χ0v) is 11.8. The average molecular weight is 285 g/mol. The molecular formula is C13H14ClFN2S. The van der Waals surface area contributed by atoms with Crippen LogP contribution in [0.5, 0.6) is 0 Å². The Morgan fingerprint density at radius 1 is 1.50 bits per heavy atom. The molecule has 2 aromatic rings. The summed E-state index contributed by atoms with van der Waals surface area (Å²) in [6.45, 7) is 4.47. The Morgan fingerprint density at radius 2 is 2.28 bits per heavy atom. The fourth-order valence-corrected chi connectivity index (χ4v) is 2.60. The molecule has 0 radical (unpaired) electrons. The number of rotatable bonds is 4. The molecular weight excluding hydrogens is 271 g/mol. The van der Waals surface area contributed by atoms with Crippen LogP contribution in [0.3, 0.4) is 0 Å². The number of aryl methyl sites for hydroxylation is 1. The van der Waals surface area contributed by atoms with Crippen molar-refractivity contribution in [2.45, 2.75) is 26.4 Å². The van der Waals surface area contributed by atoms with Crippen LogP contribution in [0.25, 0.3) is 0 Å². The molecule has 1 aromatic carbocycles. The van der Waals surface area contributed by atoms with Crippen molar-refractivity contribution in [3.05, 3.63) is 50.7 Å². The Hall–Kier alpha value is -0.970. The lowest BCUT2D eigenvalue weighted by Gasteiger charge is -2.12. The molecule has 96 valence electrons. The van der Waals surface area contributed by atoms with Gasteiger partial charge in [0.05, 0.1) is 11.1 Å². The molecule has 1 unspecified atom stereocenters. The van der Waals surface area contributed by atoms with Gasteiger partial charge in [-0.05, 0) is 19.9 Å². The van der Waals surface area contributed by atoms with Crippen molar-refractivity contribution in [3.63, 3.8) is 0 Å². The first kappa shape index (κ1) is 13.5. The molecule has 0 aliphatic heterocycles. The van der Waals surface area contributed by atoms with Crippen LogP contribution < -0.4 is 5.32 Å². The normalized spacial score (nSPS) is 12.7. The molecule has 5 heteroatoms. The summed E-state index contributed by atoms with van der Waals surface area (Å²) < 4.78 is 13.7. The highest BCUT2D eigenvalue weighted by Gasteiger charge is 2.11. The van der Waals surface area contributed by atoms with Crippen molar-refractivity contribution < 1.29 is 4.39 Å². The number of halogens is 2. The Balaban J connectivity index is 2.01. The molecule has 1 aromatic heterocycles. The minimum Gasteiger partial charge on any atom is -0.304 e. The Kier molecular flexibility index (Phi) is 4.32. The van der Waals surface area contributed by atoms with E-state index < -0.39 is 0 Å². The third-order valence-corrected chi connectivity index (χ3v) is 4.03. The van der Waals surface area contributed by atoms with Gasteiger partial charge in [0, 0.05) is 23.2 Å². The second-order valence-corrected chi connectivity index (χ2v) is 5.80. The molecule has 0 aliphatic carbocycles. The van der Waals surface area contributed by atoms with Crippen LogP contribution in [0.2, 0.25) is 5.02 Å². The summed E-state index contributed by atoms with van der Waals surface area (Å²) in [6, 6.07) is 5.13. The number of aromatic nitrogens is 1. The molecule has 1 N–H and O–H groups in total. The second-order valence-electron chi connectivity index (χ2n) is 4.12. The SMILES string of the molecule is Cc1cnc(C(C)NCc2cccc(Cl)c2F)s1. The fraction of sp³-hybridized carbons (Fsp3) is 0.308. The summed E-state index contributed by atoms with van der Waals surface area (Å²) in [5, 5.41) is 4.41. The van der Waals surface area contributed by atoms with E-state index >= 15 is 0 Å². The van der Waals surface area contributed by atoms with Crippen molar-refractivity contribution in [3.8, 4) is 0 Å². The van der Waals surface area contributed by atoms with Crippen LogP contribution in [0, 0.1) is 12.7 Å². The molecule has 1 atom stereocenters. The number of nitrogens with one attached hydrogen (secondary N) is 1. The summed E-state index contributed by atoms with van der Waals surface area (Å²) in [5.74, 6) is -0.353. The smallest absolute Gasteiger partial charge is 0.146 e.